The highest BCUT2D eigenvalue weighted by molar-refractivity contribution is 14.1. The molecule has 0 amide bonds. The monoisotopic (exact) mass is 296 g/mol. The lowest BCUT2D eigenvalue weighted by Gasteiger charge is -2.00. The largest absolute Gasteiger partial charge is 0.309 e. The van der Waals surface area contributed by atoms with Gasteiger partial charge in [0.2, 0.25) is 0 Å². The Kier molecular flexibility index (Phi) is 3.57. The maximum absolute atomic E-state index is 11.2. The summed E-state index contributed by atoms with van der Waals surface area (Å²) in [6.07, 6.45) is 1.98. The molecule has 0 aromatic carbocycles. The van der Waals surface area contributed by atoms with Crippen molar-refractivity contribution in [2.75, 3.05) is 6.26 Å². The third-order valence-corrected chi connectivity index (χ3v) is 3.19. The smallest absolute Gasteiger partial charge is 0.264 e. The zero-order valence-electron chi connectivity index (χ0n) is 6.85. The Morgan fingerprint density at radius 1 is 1.67 bits per heavy atom. The van der Waals surface area contributed by atoms with Crippen LogP contribution in [0.5, 0.6) is 0 Å². The molecule has 0 radical (unpaired) electrons. The van der Waals surface area contributed by atoms with Crippen molar-refractivity contribution in [3.05, 3.63) is 25.4 Å². The summed E-state index contributed by atoms with van der Waals surface area (Å²) in [5.74, 6) is 1.51. The molecule has 1 aromatic rings. The van der Waals surface area contributed by atoms with E-state index in [9.17, 15) is 4.79 Å². The average molecular weight is 296 g/mol. The molecule has 0 bridgehead atoms. The minimum Gasteiger partial charge on any atom is -0.309 e. The van der Waals surface area contributed by atoms with E-state index >= 15 is 0 Å². The molecule has 3 nitrogen and oxygen atoms in total. The topological polar surface area (TPSA) is 45.8 Å². The van der Waals surface area contributed by atoms with Crippen molar-refractivity contribution >= 4 is 34.4 Å². The molecule has 0 atom stereocenters. The lowest BCUT2D eigenvalue weighted by Crippen LogP contribution is -2.15. The van der Waals surface area contributed by atoms with E-state index in [2.05, 4.69) is 9.97 Å². The van der Waals surface area contributed by atoms with E-state index in [1.807, 2.05) is 35.8 Å². The quantitative estimate of drug-likeness (QED) is 0.842. The number of H-pyrrole nitrogens is 1. The highest BCUT2D eigenvalue weighted by atomic mass is 127. The van der Waals surface area contributed by atoms with Gasteiger partial charge in [-0.25, -0.2) is 4.98 Å². The molecule has 0 unspecified atom stereocenters. The number of hydrogen-bond donors (Lipinski definition) is 1. The van der Waals surface area contributed by atoms with Gasteiger partial charge >= 0.3 is 0 Å². The number of hydrogen-bond acceptors (Lipinski definition) is 3. The number of thioether (sulfide) groups is 1. The van der Waals surface area contributed by atoms with Crippen LogP contribution in [-0.4, -0.2) is 16.2 Å². The maximum atomic E-state index is 11.2. The third-order valence-electron chi connectivity index (χ3n) is 1.36. The molecule has 0 aliphatic rings. The first-order valence-electron chi connectivity index (χ1n) is 3.39. The van der Waals surface area contributed by atoms with Crippen LogP contribution in [0.1, 0.15) is 11.5 Å². The highest BCUT2D eigenvalue weighted by Crippen LogP contribution is 2.06. The summed E-state index contributed by atoms with van der Waals surface area (Å²) in [5.41, 5.74) is 0.774. The van der Waals surface area contributed by atoms with Crippen LogP contribution in [0.3, 0.4) is 0 Å². The Hall–Kier alpha value is -0.0400. The van der Waals surface area contributed by atoms with Gasteiger partial charge in [-0.3, -0.25) is 4.79 Å². The van der Waals surface area contributed by atoms with Gasteiger partial charge in [-0.2, -0.15) is 11.8 Å². The van der Waals surface area contributed by atoms with Crippen molar-refractivity contribution < 1.29 is 0 Å². The van der Waals surface area contributed by atoms with Crippen LogP contribution in [0, 0.1) is 10.5 Å². The van der Waals surface area contributed by atoms with E-state index in [0.717, 1.165) is 17.3 Å². The molecule has 0 aliphatic carbocycles. The van der Waals surface area contributed by atoms with E-state index in [1.165, 1.54) is 0 Å². The number of nitrogens with one attached hydrogen (secondary N) is 1. The number of halogens is 1. The molecule has 1 N–H and O–H groups in total. The average Bonchev–Trinajstić information content (AvgIpc) is 2.01. The van der Waals surface area contributed by atoms with E-state index < -0.39 is 0 Å². The summed E-state index contributed by atoms with van der Waals surface area (Å²) in [7, 11) is 0. The molecule has 1 aromatic heterocycles. The van der Waals surface area contributed by atoms with E-state index in [4.69, 9.17) is 0 Å². The number of nitrogens with zero attached hydrogens (tertiary/aromatic N) is 1. The normalized spacial score (nSPS) is 10.2. The predicted octanol–water partition coefficient (Wildman–Crippen LogP) is 1.55. The summed E-state index contributed by atoms with van der Waals surface area (Å²) < 4.78 is 0.678. The minimum absolute atomic E-state index is 0.0350. The summed E-state index contributed by atoms with van der Waals surface area (Å²) in [6, 6.07) is 0. The first kappa shape index (κ1) is 10.0. The Labute approximate surface area is 88.5 Å². The van der Waals surface area contributed by atoms with Gasteiger partial charge in [0, 0.05) is 0 Å². The fraction of sp³-hybridized carbons (Fsp3) is 0.429. The van der Waals surface area contributed by atoms with Crippen LogP contribution in [0.15, 0.2) is 4.79 Å². The fourth-order valence-electron chi connectivity index (χ4n) is 0.835. The van der Waals surface area contributed by atoms with Gasteiger partial charge in [0.25, 0.3) is 5.56 Å². The lowest BCUT2D eigenvalue weighted by molar-refractivity contribution is 0.954. The molecule has 1 heterocycles. The number of rotatable bonds is 2. The van der Waals surface area contributed by atoms with Gasteiger partial charge in [-0.1, -0.05) is 0 Å². The number of aryl methyl sites for hydroxylation is 1. The van der Waals surface area contributed by atoms with Gasteiger partial charge in [-0.05, 0) is 35.8 Å². The second-order valence-corrected chi connectivity index (χ2v) is 4.29. The molecular formula is C7H9IN2OS. The Morgan fingerprint density at radius 2 is 2.33 bits per heavy atom. The van der Waals surface area contributed by atoms with Crippen LogP contribution in [0.2, 0.25) is 0 Å². The van der Waals surface area contributed by atoms with Crippen molar-refractivity contribution in [1.82, 2.24) is 9.97 Å². The standard InChI is InChI=1S/C7H9IN2OS/c1-4-6(8)7(11)10-5(9-4)3-12-2/h3H2,1-2H3,(H,9,10,11). The van der Waals surface area contributed by atoms with Gasteiger partial charge in [-0.15, -0.1) is 0 Å². The van der Waals surface area contributed by atoms with Crippen molar-refractivity contribution in [2.24, 2.45) is 0 Å². The Bertz CT molecular complexity index is 337. The van der Waals surface area contributed by atoms with E-state index in [1.54, 1.807) is 11.8 Å². The summed E-state index contributed by atoms with van der Waals surface area (Å²) >= 11 is 3.64. The van der Waals surface area contributed by atoms with E-state index in [-0.39, 0.29) is 5.56 Å². The third kappa shape index (κ3) is 2.22. The predicted molar refractivity (Wildman–Crippen MR) is 59.5 cm³/mol. The van der Waals surface area contributed by atoms with Crippen LogP contribution in [-0.2, 0) is 5.75 Å². The summed E-state index contributed by atoms with van der Waals surface area (Å²) in [5, 5.41) is 0. The zero-order valence-corrected chi connectivity index (χ0v) is 9.82. The first-order valence-corrected chi connectivity index (χ1v) is 5.86. The fourth-order valence-corrected chi connectivity index (χ4v) is 1.50. The lowest BCUT2D eigenvalue weighted by atomic mass is 10.4. The molecule has 0 saturated heterocycles. The van der Waals surface area contributed by atoms with Crippen molar-refractivity contribution in [3.8, 4) is 0 Å². The molecule has 0 aliphatic heterocycles. The molecule has 0 saturated carbocycles. The van der Waals surface area contributed by atoms with E-state index in [0.29, 0.717) is 3.57 Å². The Morgan fingerprint density at radius 3 is 2.83 bits per heavy atom. The molecule has 1 rings (SSSR count). The summed E-state index contributed by atoms with van der Waals surface area (Å²) in [4.78, 5) is 18.2. The van der Waals surface area contributed by atoms with Crippen LogP contribution < -0.4 is 5.56 Å². The van der Waals surface area contributed by atoms with Gasteiger partial charge < -0.3 is 4.98 Å². The number of aromatic amines is 1. The van der Waals surface area contributed by atoms with Gasteiger partial charge in [0.15, 0.2) is 0 Å². The van der Waals surface area contributed by atoms with Crippen LogP contribution in [0.25, 0.3) is 0 Å². The highest BCUT2D eigenvalue weighted by Gasteiger charge is 2.03. The molecule has 0 fully saturated rings. The van der Waals surface area contributed by atoms with Crippen LogP contribution >= 0.6 is 34.4 Å². The zero-order chi connectivity index (χ0) is 9.14. The summed E-state index contributed by atoms with van der Waals surface area (Å²) in [6.45, 7) is 1.85. The van der Waals surface area contributed by atoms with Gasteiger partial charge in [0.1, 0.15) is 5.82 Å². The molecule has 66 valence electrons. The first-order chi connectivity index (χ1) is 5.65. The second kappa shape index (κ2) is 4.27. The second-order valence-electron chi connectivity index (χ2n) is 2.35. The van der Waals surface area contributed by atoms with Crippen molar-refractivity contribution in [3.63, 3.8) is 0 Å². The number of aromatic nitrogens is 2. The van der Waals surface area contributed by atoms with Crippen molar-refractivity contribution in [1.29, 1.82) is 0 Å². The molecule has 12 heavy (non-hydrogen) atoms. The van der Waals surface area contributed by atoms with Gasteiger partial charge in [0.05, 0.1) is 15.0 Å². The van der Waals surface area contributed by atoms with Crippen molar-refractivity contribution in [2.45, 2.75) is 12.7 Å². The molecular weight excluding hydrogens is 287 g/mol. The Balaban J connectivity index is 3.13. The maximum Gasteiger partial charge on any atom is 0.264 e. The SMILES string of the molecule is CSCc1nc(C)c(I)c(=O)[nH]1. The minimum atomic E-state index is -0.0350. The molecule has 0 spiro atoms. The molecule has 5 heteroatoms. The van der Waals surface area contributed by atoms with Crippen LogP contribution in [0.4, 0.5) is 0 Å².